The molecule has 2 aromatic rings. The largest absolute Gasteiger partial charge is 0.493 e. The first-order valence-corrected chi connectivity index (χ1v) is 9.70. The predicted molar refractivity (Wildman–Crippen MR) is 108 cm³/mol. The smallest absolute Gasteiger partial charge is 0.387 e. The molecule has 2 aromatic carbocycles. The molecule has 1 N–H and O–H groups in total. The maximum atomic E-state index is 12.6. The van der Waals surface area contributed by atoms with E-state index in [1.165, 1.54) is 43.7 Å². The number of carbonyl (C=O) groups is 1. The van der Waals surface area contributed by atoms with E-state index in [2.05, 4.69) is 21.9 Å². The molecule has 0 atom stereocenters. The minimum Gasteiger partial charge on any atom is -0.493 e. The van der Waals surface area contributed by atoms with Crippen LogP contribution in [0.5, 0.6) is 11.5 Å². The van der Waals surface area contributed by atoms with Crippen LogP contribution < -0.4 is 14.8 Å². The Bertz CT molecular complexity index is 819. The Kier molecular flexibility index (Phi) is 7.04. The number of likely N-dealkylation sites (tertiary alicyclic amines) is 1. The fourth-order valence-electron chi connectivity index (χ4n) is 3.38. The van der Waals surface area contributed by atoms with Crippen LogP contribution in [0.1, 0.15) is 35.7 Å². The molecule has 0 radical (unpaired) electrons. The third-order valence-electron chi connectivity index (χ3n) is 5.14. The van der Waals surface area contributed by atoms with Gasteiger partial charge >= 0.3 is 6.61 Å². The van der Waals surface area contributed by atoms with Gasteiger partial charge in [0, 0.05) is 17.8 Å². The van der Waals surface area contributed by atoms with E-state index in [9.17, 15) is 13.6 Å². The lowest BCUT2D eigenvalue weighted by molar-refractivity contribution is -0.0512. The van der Waals surface area contributed by atoms with Gasteiger partial charge in [-0.25, -0.2) is 0 Å². The highest BCUT2D eigenvalue weighted by atomic mass is 19.3. The normalized spacial score (nSPS) is 15.3. The van der Waals surface area contributed by atoms with Crippen molar-refractivity contribution >= 4 is 11.6 Å². The molecule has 0 saturated carbocycles. The molecule has 1 aliphatic heterocycles. The second kappa shape index (κ2) is 9.69. The Balaban J connectivity index is 1.61. The van der Waals surface area contributed by atoms with Gasteiger partial charge < -0.3 is 14.8 Å². The van der Waals surface area contributed by atoms with E-state index >= 15 is 0 Å². The first-order valence-electron chi connectivity index (χ1n) is 9.70. The number of hydrogen-bond acceptors (Lipinski definition) is 4. The van der Waals surface area contributed by atoms with Crippen LogP contribution in [0.4, 0.5) is 14.5 Å². The fraction of sp³-hybridized carbons (Fsp3) is 0.409. The van der Waals surface area contributed by atoms with Crippen molar-refractivity contribution in [3.05, 3.63) is 53.6 Å². The number of ether oxygens (including phenoxy) is 2. The summed E-state index contributed by atoms with van der Waals surface area (Å²) in [5.74, 6) is 0.345. The van der Waals surface area contributed by atoms with Gasteiger partial charge in [0.05, 0.1) is 7.11 Å². The van der Waals surface area contributed by atoms with Crippen molar-refractivity contribution in [2.24, 2.45) is 5.92 Å². The molecule has 29 heavy (non-hydrogen) atoms. The van der Waals surface area contributed by atoms with Gasteiger partial charge in [0.1, 0.15) is 0 Å². The lowest BCUT2D eigenvalue weighted by atomic mass is 9.99. The molecule has 1 amide bonds. The number of alkyl halides is 2. The first kappa shape index (κ1) is 21.0. The summed E-state index contributed by atoms with van der Waals surface area (Å²) in [6.07, 6.45) is 2.46. The Morgan fingerprint density at radius 1 is 1.14 bits per heavy atom. The highest BCUT2D eigenvalue weighted by Crippen LogP contribution is 2.30. The molecule has 0 aliphatic carbocycles. The van der Waals surface area contributed by atoms with Crippen molar-refractivity contribution in [3.63, 3.8) is 0 Å². The van der Waals surface area contributed by atoms with Gasteiger partial charge in [0.25, 0.3) is 5.91 Å². The SMILES string of the molecule is COc1ccc(C(=O)Nc2ccc(CN3CCC(C)CC3)cc2)cc1OC(F)F. The summed E-state index contributed by atoms with van der Waals surface area (Å²) in [7, 11) is 1.35. The molecule has 1 heterocycles. The van der Waals surface area contributed by atoms with E-state index in [-0.39, 0.29) is 17.1 Å². The van der Waals surface area contributed by atoms with Crippen molar-refractivity contribution < 1.29 is 23.0 Å². The highest BCUT2D eigenvalue weighted by molar-refractivity contribution is 6.04. The van der Waals surface area contributed by atoms with Crippen molar-refractivity contribution in [1.82, 2.24) is 4.90 Å². The van der Waals surface area contributed by atoms with Crippen LogP contribution >= 0.6 is 0 Å². The molecule has 0 bridgehead atoms. The molecule has 1 saturated heterocycles. The third-order valence-corrected chi connectivity index (χ3v) is 5.14. The van der Waals surface area contributed by atoms with E-state index in [0.29, 0.717) is 5.69 Å². The first-order chi connectivity index (χ1) is 13.9. The molecule has 1 aliphatic rings. The summed E-state index contributed by atoms with van der Waals surface area (Å²) in [6.45, 7) is 2.41. The van der Waals surface area contributed by atoms with E-state index in [4.69, 9.17) is 4.74 Å². The molecule has 3 rings (SSSR count). The van der Waals surface area contributed by atoms with Crippen molar-refractivity contribution in [3.8, 4) is 11.5 Å². The summed E-state index contributed by atoms with van der Waals surface area (Å²) in [4.78, 5) is 14.9. The lowest BCUT2D eigenvalue weighted by Gasteiger charge is -2.30. The summed E-state index contributed by atoms with van der Waals surface area (Å²) in [5, 5.41) is 2.78. The number of nitrogens with one attached hydrogen (secondary N) is 1. The number of rotatable bonds is 7. The molecule has 0 aromatic heterocycles. The van der Waals surface area contributed by atoms with Crippen LogP contribution in [0, 0.1) is 5.92 Å². The second-order valence-electron chi connectivity index (χ2n) is 7.35. The minimum atomic E-state index is -3.00. The van der Waals surface area contributed by atoms with Gasteiger partial charge in [-0.15, -0.1) is 0 Å². The van der Waals surface area contributed by atoms with Crippen molar-refractivity contribution in [2.45, 2.75) is 32.9 Å². The molecular formula is C22H26F2N2O3. The average Bonchev–Trinajstić information content (AvgIpc) is 2.70. The number of carbonyl (C=O) groups excluding carboxylic acids is 1. The summed E-state index contributed by atoms with van der Waals surface area (Å²) in [6, 6.07) is 11.8. The Morgan fingerprint density at radius 2 is 1.83 bits per heavy atom. The average molecular weight is 404 g/mol. The zero-order chi connectivity index (χ0) is 20.8. The van der Waals surface area contributed by atoms with Gasteiger partial charge in [-0.05, 0) is 67.7 Å². The minimum absolute atomic E-state index is 0.137. The Hall–Kier alpha value is -2.67. The molecule has 5 nitrogen and oxygen atoms in total. The highest BCUT2D eigenvalue weighted by Gasteiger charge is 2.16. The number of piperidine rings is 1. The number of methoxy groups -OCH3 is 1. The molecular weight excluding hydrogens is 378 g/mol. The van der Waals surface area contributed by atoms with Crippen LogP contribution in [-0.2, 0) is 6.54 Å². The van der Waals surface area contributed by atoms with E-state index in [1.807, 2.05) is 24.3 Å². The standard InChI is InChI=1S/C22H26F2N2O3/c1-15-9-11-26(12-10-15)14-16-3-6-18(7-4-16)25-21(27)17-5-8-19(28-2)20(13-17)29-22(23)24/h3-8,13,15,22H,9-12,14H2,1-2H3,(H,25,27). The number of benzene rings is 2. The monoisotopic (exact) mass is 404 g/mol. The van der Waals surface area contributed by atoms with Crippen LogP contribution in [0.2, 0.25) is 0 Å². The van der Waals surface area contributed by atoms with Crippen molar-refractivity contribution in [2.75, 3.05) is 25.5 Å². The number of hydrogen-bond donors (Lipinski definition) is 1. The van der Waals surface area contributed by atoms with E-state index in [1.54, 1.807) is 0 Å². The van der Waals surface area contributed by atoms with E-state index in [0.717, 1.165) is 25.6 Å². The maximum absolute atomic E-state index is 12.6. The van der Waals surface area contributed by atoms with Crippen LogP contribution in [-0.4, -0.2) is 37.6 Å². The van der Waals surface area contributed by atoms with Crippen LogP contribution in [0.15, 0.2) is 42.5 Å². The molecule has 7 heteroatoms. The molecule has 156 valence electrons. The molecule has 0 spiro atoms. The summed E-state index contributed by atoms with van der Waals surface area (Å²) in [5.41, 5.74) is 2.03. The number of halogens is 2. The number of amides is 1. The van der Waals surface area contributed by atoms with Gasteiger partial charge in [0.2, 0.25) is 0 Å². The fourth-order valence-corrected chi connectivity index (χ4v) is 3.38. The van der Waals surface area contributed by atoms with Crippen LogP contribution in [0.25, 0.3) is 0 Å². The summed E-state index contributed by atoms with van der Waals surface area (Å²) < 4.78 is 34.5. The molecule has 1 fully saturated rings. The second-order valence-corrected chi connectivity index (χ2v) is 7.35. The Labute approximate surface area is 169 Å². The van der Waals surface area contributed by atoms with Gasteiger partial charge in [-0.2, -0.15) is 8.78 Å². The zero-order valence-corrected chi connectivity index (χ0v) is 16.7. The third kappa shape index (κ3) is 5.90. The molecule has 0 unspecified atom stereocenters. The number of anilines is 1. The van der Waals surface area contributed by atoms with Crippen molar-refractivity contribution in [1.29, 1.82) is 0 Å². The van der Waals surface area contributed by atoms with Gasteiger partial charge in [-0.3, -0.25) is 9.69 Å². The Morgan fingerprint density at radius 3 is 2.45 bits per heavy atom. The summed E-state index contributed by atoms with van der Waals surface area (Å²) >= 11 is 0. The number of nitrogens with zero attached hydrogens (tertiary/aromatic N) is 1. The maximum Gasteiger partial charge on any atom is 0.387 e. The zero-order valence-electron chi connectivity index (χ0n) is 16.7. The predicted octanol–water partition coefficient (Wildman–Crippen LogP) is 4.78. The van der Waals surface area contributed by atoms with Crippen LogP contribution in [0.3, 0.4) is 0 Å². The lowest BCUT2D eigenvalue weighted by Crippen LogP contribution is -2.32. The quantitative estimate of drug-likeness (QED) is 0.722. The van der Waals surface area contributed by atoms with E-state index < -0.39 is 12.5 Å². The van der Waals surface area contributed by atoms with Gasteiger partial charge in [-0.1, -0.05) is 19.1 Å². The van der Waals surface area contributed by atoms with Gasteiger partial charge in [0.15, 0.2) is 11.5 Å². The topological polar surface area (TPSA) is 50.8 Å².